The fourth-order valence-corrected chi connectivity index (χ4v) is 1.95. The summed E-state index contributed by atoms with van der Waals surface area (Å²) in [5.41, 5.74) is 4.49. The summed E-state index contributed by atoms with van der Waals surface area (Å²) in [6.45, 7) is 5.94. The van der Waals surface area contributed by atoms with Gasteiger partial charge in [-0.15, -0.1) is 0 Å². The highest BCUT2D eigenvalue weighted by Gasteiger charge is 2.19. The van der Waals surface area contributed by atoms with Crippen molar-refractivity contribution < 1.29 is 9.90 Å². The Hall–Kier alpha value is -1.93. The summed E-state index contributed by atoms with van der Waals surface area (Å²) in [7, 11) is 0. The maximum atomic E-state index is 12.2. The van der Waals surface area contributed by atoms with E-state index < -0.39 is 6.10 Å². The zero-order chi connectivity index (χ0) is 14.0. The monoisotopic (exact) mass is 254 g/mol. The molecule has 0 fully saturated rings. The molecule has 0 amide bonds. The van der Waals surface area contributed by atoms with Gasteiger partial charge in [0.15, 0.2) is 5.78 Å². The van der Waals surface area contributed by atoms with Gasteiger partial charge in [-0.2, -0.15) is 0 Å². The molecule has 0 aliphatic rings. The van der Waals surface area contributed by atoms with E-state index in [9.17, 15) is 9.90 Å². The van der Waals surface area contributed by atoms with Crippen LogP contribution in [0.4, 0.5) is 0 Å². The van der Waals surface area contributed by atoms with Crippen LogP contribution in [0.3, 0.4) is 0 Å². The SMILES string of the molecule is Cc1ccc(C(O)C(=O)c2ccc(C)c(C)c2)cc1. The van der Waals surface area contributed by atoms with E-state index in [0.29, 0.717) is 11.1 Å². The molecule has 2 aromatic rings. The highest BCUT2D eigenvalue weighted by molar-refractivity contribution is 6.00. The minimum Gasteiger partial charge on any atom is -0.380 e. The molecule has 0 bridgehead atoms. The number of hydrogen-bond donors (Lipinski definition) is 1. The van der Waals surface area contributed by atoms with Crippen molar-refractivity contribution in [3.63, 3.8) is 0 Å². The first kappa shape index (κ1) is 13.5. The summed E-state index contributed by atoms with van der Waals surface area (Å²) < 4.78 is 0. The molecule has 98 valence electrons. The highest BCUT2D eigenvalue weighted by Crippen LogP contribution is 2.20. The Balaban J connectivity index is 2.28. The molecule has 0 aliphatic heterocycles. The van der Waals surface area contributed by atoms with Crippen LogP contribution >= 0.6 is 0 Å². The van der Waals surface area contributed by atoms with Crippen LogP contribution in [0.15, 0.2) is 42.5 Å². The lowest BCUT2D eigenvalue weighted by molar-refractivity contribution is 0.0747. The van der Waals surface area contributed by atoms with Crippen molar-refractivity contribution in [2.45, 2.75) is 26.9 Å². The van der Waals surface area contributed by atoms with Gasteiger partial charge >= 0.3 is 0 Å². The van der Waals surface area contributed by atoms with Gasteiger partial charge in [-0.3, -0.25) is 4.79 Å². The molecule has 0 aliphatic carbocycles. The van der Waals surface area contributed by atoms with Crippen LogP contribution < -0.4 is 0 Å². The van der Waals surface area contributed by atoms with Gasteiger partial charge in [-0.25, -0.2) is 0 Å². The first-order valence-electron chi connectivity index (χ1n) is 6.35. The molecule has 2 nitrogen and oxygen atoms in total. The molecule has 0 saturated heterocycles. The second-order valence-corrected chi connectivity index (χ2v) is 4.98. The van der Waals surface area contributed by atoms with Crippen LogP contribution in [0.5, 0.6) is 0 Å². The molecule has 0 heterocycles. The van der Waals surface area contributed by atoms with E-state index in [1.54, 1.807) is 18.2 Å². The van der Waals surface area contributed by atoms with Crippen molar-refractivity contribution in [3.05, 3.63) is 70.3 Å². The Morgan fingerprint density at radius 2 is 1.58 bits per heavy atom. The molecular formula is C17H18O2. The number of aliphatic hydroxyl groups excluding tert-OH is 1. The van der Waals surface area contributed by atoms with Crippen molar-refractivity contribution in [2.24, 2.45) is 0 Å². The van der Waals surface area contributed by atoms with Crippen LogP contribution in [0.2, 0.25) is 0 Å². The molecule has 19 heavy (non-hydrogen) atoms. The van der Waals surface area contributed by atoms with E-state index in [1.807, 2.05) is 45.0 Å². The van der Waals surface area contributed by atoms with Gasteiger partial charge in [0.05, 0.1) is 0 Å². The number of rotatable bonds is 3. The number of aliphatic hydroxyl groups is 1. The second-order valence-electron chi connectivity index (χ2n) is 4.98. The van der Waals surface area contributed by atoms with E-state index in [2.05, 4.69) is 0 Å². The standard InChI is InChI=1S/C17H18O2/c1-11-4-7-14(8-5-11)16(18)17(19)15-9-6-12(2)13(3)10-15/h4-10,16,18H,1-3H3. The lowest BCUT2D eigenvalue weighted by Gasteiger charge is -2.11. The van der Waals surface area contributed by atoms with E-state index in [-0.39, 0.29) is 5.78 Å². The molecule has 1 atom stereocenters. The average Bonchev–Trinajstić information content (AvgIpc) is 2.41. The van der Waals surface area contributed by atoms with Gasteiger partial charge in [0.2, 0.25) is 0 Å². The average molecular weight is 254 g/mol. The summed E-state index contributed by atoms with van der Waals surface area (Å²) in [6.07, 6.45) is -1.09. The largest absolute Gasteiger partial charge is 0.380 e. The van der Waals surface area contributed by atoms with Crippen molar-refractivity contribution in [1.82, 2.24) is 0 Å². The van der Waals surface area contributed by atoms with Crippen molar-refractivity contribution in [2.75, 3.05) is 0 Å². The number of ketones is 1. The van der Waals surface area contributed by atoms with E-state index in [1.165, 1.54) is 0 Å². The lowest BCUT2D eigenvalue weighted by Crippen LogP contribution is -2.12. The Kier molecular flexibility index (Phi) is 3.82. The van der Waals surface area contributed by atoms with Crippen molar-refractivity contribution in [1.29, 1.82) is 0 Å². The molecule has 0 spiro atoms. The van der Waals surface area contributed by atoms with Gasteiger partial charge in [0.1, 0.15) is 6.10 Å². The molecule has 0 saturated carbocycles. The number of carbonyl (C=O) groups is 1. The molecule has 0 radical (unpaired) electrons. The van der Waals surface area contributed by atoms with Crippen LogP contribution in [0, 0.1) is 20.8 Å². The zero-order valence-electron chi connectivity index (χ0n) is 11.5. The Morgan fingerprint density at radius 3 is 2.16 bits per heavy atom. The zero-order valence-corrected chi connectivity index (χ0v) is 11.5. The van der Waals surface area contributed by atoms with Gasteiger partial charge in [0.25, 0.3) is 0 Å². The second kappa shape index (κ2) is 5.37. The number of hydrogen-bond acceptors (Lipinski definition) is 2. The minimum absolute atomic E-state index is 0.257. The Morgan fingerprint density at radius 1 is 0.947 bits per heavy atom. The Bertz CT molecular complexity index is 597. The quantitative estimate of drug-likeness (QED) is 0.851. The first-order valence-corrected chi connectivity index (χ1v) is 6.35. The van der Waals surface area contributed by atoms with Crippen molar-refractivity contribution >= 4 is 5.78 Å². The normalized spacial score (nSPS) is 12.2. The van der Waals surface area contributed by atoms with Crippen LogP contribution in [0.25, 0.3) is 0 Å². The third kappa shape index (κ3) is 2.91. The summed E-state index contributed by atoms with van der Waals surface area (Å²) in [5.74, 6) is -0.257. The van der Waals surface area contributed by atoms with E-state index in [0.717, 1.165) is 16.7 Å². The van der Waals surface area contributed by atoms with E-state index in [4.69, 9.17) is 0 Å². The topological polar surface area (TPSA) is 37.3 Å². The van der Waals surface area contributed by atoms with Gasteiger partial charge < -0.3 is 5.11 Å². The molecule has 2 rings (SSSR count). The maximum absolute atomic E-state index is 12.2. The molecule has 0 aromatic heterocycles. The maximum Gasteiger partial charge on any atom is 0.195 e. The van der Waals surface area contributed by atoms with Gasteiger partial charge in [-0.1, -0.05) is 42.0 Å². The third-order valence-electron chi connectivity index (χ3n) is 3.43. The summed E-state index contributed by atoms with van der Waals surface area (Å²) in [5, 5.41) is 10.1. The highest BCUT2D eigenvalue weighted by atomic mass is 16.3. The van der Waals surface area contributed by atoms with Crippen LogP contribution in [0.1, 0.15) is 38.7 Å². The predicted octanol–water partition coefficient (Wildman–Crippen LogP) is 3.53. The number of aryl methyl sites for hydroxylation is 3. The first-order chi connectivity index (χ1) is 8.99. The summed E-state index contributed by atoms with van der Waals surface area (Å²) >= 11 is 0. The van der Waals surface area contributed by atoms with E-state index >= 15 is 0 Å². The fraction of sp³-hybridized carbons (Fsp3) is 0.235. The number of carbonyl (C=O) groups excluding carboxylic acids is 1. The Labute approximate surface area is 113 Å². The minimum atomic E-state index is -1.09. The van der Waals surface area contributed by atoms with Crippen molar-refractivity contribution in [3.8, 4) is 0 Å². The molecular weight excluding hydrogens is 236 g/mol. The van der Waals surface area contributed by atoms with Crippen LogP contribution in [-0.2, 0) is 0 Å². The van der Waals surface area contributed by atoms with Gasteiger partial charge in [0, 0.05) is 5.56 Å². The third-order valence-corrected chi connectivity index (χ3v) is 3.43. The molecule has 2 heteroatoms. The summed E-state index contributed by atoms with van der Waals surface area (Å²) in [4.78, 5) is 12.2. The lowest BCUT2D eigenvalue weighted by atomic mass is 9.97. The molecule has 1 N–H and O–H groups in total. The molecule has 2 aromatic carbocycles. The van der Waals surface area contributed by atoms with Crippen LogP contribution in [-0.4, -0.2) is 10.9 Å². The smallest absolute Gasteiger partial charge is 0.195 e. The predicted molar refractivity (Wildman–Crippen MR) is 76.4 cm³/mol. The number of benzene rings is 2. The van der Waals surface area contributed by atoms with Gasteiger partial charge in [-0.05, 0) is 43.5 Å². The summed E-state index contributed by atoms with van der Waals surface area (Å²) in [6, 6.07) is 12.9. The molecule has 1 unspecified atom stereocenters. The number of Topliss-reactive ketones (excluding diaryl/α,β-unsaturated/α-hetero) is 1. The fourth-order valence-electron chi connectivity index (χ4n) is 1.95.